The van der Waals surface area contributed by atoms with Crippen molar-refractivity contribution in [3.05, 3.63) is 40.3 Å². The molecule has 1 aromatic carbocycles. The molecule has 2 rings (SSSR count). The van der Waals surface area contributed by atoms with Crippen LogP contribution in [0.2, 0.25) is 5.02 Å². The van der Waals surface area contributed by atoms with Crippen LogP contribution in [0.5, 0.6) is 0 Å². The lowest BCUT2D eigenvalue weighted by molar-refractivity contribution is 0.00578. The second-order valence-electron chi connectivity index (χ2n) is 6.96. The number of ether oxygens (including phenoxy) is 1. The lowest BCUT2D eigenvalue weighted by Crippen LogP contribution is -2.41. The van der Waals surface area contributed by atoms with Gasteiger partial charge in [0.2, 0.25) is 0 Å². The Balaban J connectivity index is 2.46. The van der Waals surface area contributed by atoms with E-state index in [2.05, 4.69) is 0 Å². The minimum atomic E-state index is -1.21. The Labute approximate surface area is 153 Å². The van der Waals surface area contributed by atoms with Crippen molar-refractivity contribution in [3.63, 3.8) is 0 Å². The van der Waals surface area contributed by atoms with Crippen molar-refractivity contribution in [2.24, 2.45) is 0 Å². The summed E-state index contributed by atoms with van der Waals surface area (Å²) < 4.78 is 46.5. The Morgan fingerprint density at radius 1 is 1.20 bits per heavy atom. The molecule has 1 heterocycles. The van der Waals surface area contributed by atoms with Gasteiger partial charge in [-0.1, -0.05) is 17.7 Å². The van der Waals surface area contributed by atoms with Gasteiger partial charge in [-0.3, -0.25) is 0 Å². The molecule has 1 aliphatic rings. The molecular formula is C18H24BClF2O3. The van der Waals surface area contributed by atoms with Crippen LogP contribution in [0.1, 0.15) is 46.6 Å². The highest BCUT2D eigenvalue weighted by molar-refractivity contribution is 6.55. The van der Waals surface area contributed by atoms with Crippen LogP contribution in [-0.4, -0.2) is 31.5 Å². The van der Waals surface area contributed by atoms with Crippen LogP contribution in [0.3, 0.4) is 0 Å². The molecule has 0 bridgehead atoms. The van der Waals surface area contributed by atoms with E-state index in [1.807, 2.05) is 34.6 Å². The summed E-state index contributed by atoms with van der Waals surface area (Å²) in [7, 11) is -1.21. The lowest BCUT2D eigenvalue weighted by Gasteiger charge is -2.32. The van der Waals surface area contributed by atoms with Gasteiger partial charge < -0.3 is 14.0 Å². The maximum absolute atomic E-state index is 15.3. The summed E-state index contributed by atoms with van der Waals surface area (Å²) in [4.78, 5) is 0. The molecule has 0 spiro atoms. The second-order valence-corrected chi connectivity index (χ2v) is 7.37. The summed E-state index contributed by atoms with van der Waals surface area (Å²) in [6.45, 7) is 9.88. The van der Waals surface area contributed by atoms with Crippen molar-refractivity contribution >= 4 is 24.3 Å². The van der Waals surface area contributed by atoms with Crippen molar-refractivity contribution < 1.29 is 22.8 Å². The predicted octanol–water partition coefficient (Wildman–Crippen LogP) is 5.22. The first-order valence-electron chi connectivity index (χ1n) is 8.37. The highest BCUT2D eigenvalue weighted by atomic mass is 35.5. The van der Waals surface area contributed by atoms with Gasteiger partial charge in [-0.05, 0) is 58.7 Å². The fraction of sp³-hybridized carbons (Fsp3) is 0.556. The van der Waals surface area contributed by atoms with Crippen LogP contribution in [0.25, 0.3) is 5.57 Å². The van der Waals surface area contributed by atoms with Crippen molar-refractivity contribution in [2.45, 2.75) is 52.2 Å². The quantitative estimate of drug-likeness (QED) is 0.506. The molecule has 0 atom stereocenters. The summed E-state index contributed by atoms with van der Waals surface area (Å²) in [5, 5.41) is 0.137. The number of hydrogen-bond acceptors (Lipinski definition) is 3. The number of benzene rings is 1. The van der Waals surface area contributed by atoms with Crippen molar-refractivity contribution in [1.29, 1.82) is 0 Å². The summed E-state index contributed by atoms with van der Waals surface area (Å²) >= 11 is 6.14. The van der Waals surface area contributed by atoms with Crippen molar-refractivity contribution in [1.82, 2.24) is 0 Å². The van der Waals surface area contributed by atoms with Gasteiger partial charge in [0.05, 0.1) is 22.8 Å². The number of rotatable bonds is 6. The van der Waals surface area contributed by atoms with Crippen LogP contribution in [-0.2, 0) is 14.0 Å². The first-order chi connectivity index (χ1) is 11.6. The van der Waals surface area contributed by atoms with E-state index in [4.69, 9.17) is 25.6 Å². The normalized spacial score (nSPS) is 19.9. The number of hydrogen-bond donors (Lipinski definition) is 0. The van der Waals surface area contributed by atoms with E-state index in [-0.39, 0.29) is 29.2 Å². The Hall–Kier alpha value is -0.945. The van der Waals surface area contributed by atoms with Crippen LogP contribution in [0.4, 0.5) is 8.78 Å². The van der Waals surface area contributed by atoms with E-state index in [9.17, 15) is 4.39 Å². The standard InChI is InChI=1S/C18H24BClF2O3/c1-6-23-11-10-12(15-13(20)8-7-9-14(15)21)16(22)19-24-17(2,3)18(4,5)25-19/h7-9H,6,10-11H2,1-5H3. The third kappa shape index (κ3) is 4.25. The summed E-state index contributed by atoms with van der Waals surface area (Å²) in [5.41, 5.74) is -1.94. The van der Waals surface area contributed by atoms with E-state index in [0.717, 1.165) is 0 Å². The zero-order chi connectivity index (χ0) is 18.8. The van der Waals surface area contributed by atoms with Crippen LogP contribution >= 0.6 is 11.6 Å². The molecule has 0 aromatic heterocycles. The zero-order valence-corrected chi connectivity index (χ0v) is 16.0. The minimum Gasteiger partial charge on any atom is -0.398 e. The van der Waals surface area contributed by atoms with Crippen LogP contribution < -0.4 is 0 Å². The van der Waals surface area contributed by atoms with Crippen LogP contribution in [0, 0.1) is 5.82 Å². The van der Waals surface area contributed by atoms with Crippen molar-refractivity contribution in [2.75, 3.05) is 13.2 Å². The van der Waals surface area contributed by atoms with E-state index < -0.39 is 29.9 Å². The molecule has 0 amide bonds. The van der Waals surface area contributed by atoms with E-state index in [1.54, 1.807) is 0 Å². The van der Waals surface area contributed by atoms with Gasteiger partial charge in [0, 0.05) is 12.2 Å². The smallest absolute Gasteiger partial charge is 0.398 e. The van der Waals surface area contributed by atoms with Gasteiger partial charge in [-0.25, -0.2) is 8.78 Å². The molecular weight excluding hydrogens is 348 g/mol. The SMILES string of the molecule is CCOCCC(=C(F)B1OC(C)(C)C(C)(C)O1)c1c(F)cccc1Cl. The van der Waals surface area contributed by atoms with Gasteiger partial charge in [0.15, 0.2) is 0 Å². The monoisotopic (exact) mass is 372 g/mol. The zero-order valence-electron chi connectivity index (χ0n) is 15.3. The topological polar surface area (TPSA) is 27.7 Å². The van der Waals surface area contributed by atoms with Gasteiger partial charge in [-0.2, -0.15) is 0 Å². The third-order valence-corrected chi connectivity index (χ3v) is 5.03. The molecule has 0 N–H and O–H groups in total. The maximum atomic E-state index is 15.3. The van der Waals surface area contributed by atoms with E-state index in [1.165, 1.54) is 18.2 Å². The minimum absolute atomic E-state index is 0.0241. The molecule has 0 saturated carbocycles. The predicted molar refractivity (Wildman–Crippen MR) is 96.6 cm³/mol. The van der Waals surface area contributed by atoms with Crippen molar-refractivity contribution in [3.8, 4) is 0 Å². The summed E-state index contributed by atoms with van der Waals surface area (Å²) in [5.74, 6) is -0.592. The van der Waals surface area contributed by atoms with Gasteiger partial charge in [-0.15, -0.1) is 0 Å². The molecule has 1 aliphatic heterocycles. The fourth-order valence-electron chi connectivity index (χ4n) is 2.56. The molecule has 25 heavy (non-hydrogen) atoms. The molecule has 0 aliphatic carbocycles. The Bertz CT molecular complexity index is 625. The Morgan fingerprint density at radius 2 is 1.80 bits per heavy atom. The first kappa shape index (κ1) is 20.4. The first-order valence-corrected chi connectivity index (χ1v) is 8.75. The largest absolute Gasteiger partial charge is 0.525 e. The van der Waals surface area contributed by atoms with Gasteiger partial charge in [0.1, 0.15) is 11.5 Å². The summed E-state index contributed by atoms with van der Waals surface area (Å²) in [6.07, 6.45) is 0.157. The molecule has 3 nitrogen and oxygen atoms in total. The Kier molecular flexibility index (Phi) is 6.31. The highest BCUT2D eigenvalue weighted by Crippen LogP contribution is 2.41. The molecule has 7 heteroatoms. The molecule has 1 saturated heterocycles. The Morgan fingerprint density at radius 3 is 2.32 bits per heavy atom. The molecule has 1 aromatic rings. The van der Waals surface area contributed by atoms with Crippen LogP contribution in [0.15, 0.2) is 23.9 Å². The van der Waals surface area contributed by atoms with E-state index in [0.29, 0.717) is 6.61 Å². The average molecular weight is 373 g/mol. The molecule has 0 unspecified atom stereocenters. The van der Waals surface area contributed by atoms with Gasteiger partial charge in [0.25, 0.3) is 0 Å². The second kappa shape index (κ2) is 7.74. The maximum Gasteiger partial charge on any atom is 0.525 e. The molecule has 0 radical (unpaired) electrons. The summed E-state index contributed by atoms with van der Waals surface area (Å²) in [6, 6.07) is 4.26. The molecule has 138 valence electrons. The fourth-order valence-corrected chi connectivity index (χ4v) is 2.83. The van der Waals surface area contributed by atoms with Gasteiger partial charge >= 0.3 is 7.12 Å². The highest BCUT2D eigenvalue weighted by Gasteiger charge is 2.53. The number of halogens is 3. The third-order valence-electron chi connectivity index (χ3n) is 4.71. The molecule has 1 fully saturated rings. The average Bonchev–Trinajstić information content (AvgIpc) is 2.73. The lowest BCUT2D eigenvalue weighted by atomic mass is 9.81. The van der Waals surface area contributed by atoms with E-state index >= 15 is 4.39 Å².